The fraction of sp³-hybridized carbons (Fsp3) is 0.278. The molecule has 2 aromatic rings. The number of carbonyl (C=O) groups excluding carboxylic acids is 1. The van der Waals surface area contributed by atoms with Crippen LogP contribution >= 0.6 is 0 Å². The zero-order valence-corrected chi connectivity index (χ0v) is 13.4. The predicted molar refractivity (Wildman–Crippen MR) is 93.5 cm³/mol. The molecule has 0 spiro atoms. The van der Waals surface area contributed by atoms with Crippen LogP contribution in [0.1, 0.15) is 5.56 Å². The first-order chi connectivity index (χ1) is 11.2. The summed E-state index contributed by atoms with van der Waals surface area (Å²) in [5.41, 5.74) is 3.92. The summed E-state index contributed by atoms with van der Waals surface area (Å²) in [5, 5.41) is 6.30. The lowest BCUT2D eigenvalue weighted by Crippen LogP contribution is -2.39. The number of hydrogen-bond acceptors (Lipinski definition) is 4. The Morgan fingerprint density at radius 3 is 2.96 bits per heavy atom. The fourth-order valence-electron chi connectivity index (χ4n) is 2.79. The summed E-state index contributed by atoms with van der Waals surface area (Å²) in [4.78, 5) is 14.5. The van der Waals surface area contributed by atoms with Gasteiger partial charge in [0.1, 0.15) is 5.75 Å². The van der Waals surface area contributed by atoms with E-state index < -0.39 is 0 Å². The van der Waals surface area contributed by atoms with E-state index in [1.54, 1.807) is 7.11 Å². The number of anilines is 3. The smallest absolute Gasteiger partial charge is 0.243 e. The molecule has 0 atom stereocenters. The fourth-order valence-corrected chi connectivity index (χ4v) is 2.79. The van der Waals surface area contributed by atoms with E-state index in [1.165, 1.54) is 0 Å². The molecule has 5 heteroatoms. The van der Waals surface area contributed by atoms with Crippen LogP contribution in [-0.4, -0.2) is 32.7 Å². The quantitative estimate of drug-likeness (QED) is 0.911. The summed E-state index contributed by atoms with van der Waals surface area (Å²) in [5.74, 6) is 0.621. The predicted octanol–water partition coefficient (Wildman–Crippen LogP) is 2.87. The van der Waals surface area contributed by atoms with Crippen LogP contribution in [0.3, 0.4) is 0 Å². The Morgan fingerprint density at radius 2 is 2.13 bits per heavy atom. The third kappa shape index (κ3) is 3.39. The van der Waals surface area contributed by atoms with E-state index in [1.807, 2.05) is 49.4 Å². The summed E-state index contributed by atoms with van der Waals surface area (Å²) < 4.78 is 5.31. The molecule has 1 aliphatic rings. The Labute approximate surface area is 136 Å². The number of hydrogen-bond donors (Lipinski definition) is 2. The maximum absolute atomic E-state index is 12.4. The van der Waals surface area contributed by atoms with E-state index in [0.29, 0.717) is 18.0 Å². The van der Waals surface area contributed by atoms with Crippen LogP contribution in [0.15, 0.2) is 42.5 Å². The lowest BCUT2D eigenvalue weighted by molar-refractivity contribution is -0.115. The molecule has 0 radical (unpaired) electrons. The lowest BCUT2D eigenvalue weighted by atomic mass is 10.2. The van der Waals surface area contributed by atoms with Crippen LogP contribution in [0.2, 0.25) is 0 Å². The summed E-state index contributed by atoms with van der Waals surface area (Å²) >= 11 is 0. The number of ether oxygens (including phenoxy) is 1. The van der Waals surface area contributed by atoms with Crippen molar-refractivity contribution in [1.29, 1.82) is 0 Å². The van der Waals surface area contributed by atoms with Gasteiger partial charge in [0.2, 0.25) is 5.91 Å². The van der Waals surface area contributed by atoms with Crippen LogP contribution in [0.5, 0.6) is 5.75 Å². The summed E-state index contributed by atoms with van der Waals surface area (Å²) in [7, 11) is 1.60. The second kappa shape index (κ2) is 6.60. The highest BCUT2D eigenvalue weighted by Gasteiger charge is 2.19. The molecule has 0 bridgehead atoms. The molecule has 2 N–H and O–H groups in total. The van der Waals surface area contributed by atoms with Crippen molar-refractivity contribution in [3.8, 4) is 5.75 Å². The van der Waals surface area contributed by atoms with Crippen molar-refractivity contribution < 1.29 is 9.53 Å². The number of para-hydroxylation sites is 2. The van der Waals surface area contributed by atoms with Crippen LogP contribution in [0.4, 0.5) is 17.1 Å². The lowest BCUT2D eigenvalue weighted by Gasteiger charge is -2.31. The first kappa shape index (κ1) is 15.2. The van der Waals surface area contributed by atoms with Gasteiger partial charge >= 0.3 is 0 Å². The first-order valence-corrected chi connectivity index (χ1v) is 7.70. The number of amides is 1. The van der Waals surface area contributed by atoms with Crippen LogP contribution < -0.4 is 20.3 Å². The monoisotopic (exact) mass is 311 g/mol. The number of nitrogens with one attached hydrogen (secondary N) is 2. The maximum Gasteiger partial charge on any atom is 0.243 e. The van der Waals surface area contributed by atoms with Gasteiger partial charge in [0.25, 0.3) is 0 Å². The van der Waals surface area contributed by atoms with E-state index in [0.717, 1.165) is 30.0 Å². The summed E-state index contributed by atoms with van der Waals surface area (Å²) in [6, 6.07) is 13.8. The molecule has 1 heterocycles. The van der Waals surface area contributed by atoms with Gasteiger partial charge in [-0.3, -0.25) is 4.79 Å². The first-order valence-electron chi connectivity index (χ1n) is 7.70. The molecule has 0 aromatic heterocycles. The van der Waals surface area contributed by atoms with Crippen LogP contribution in [0.25, 0.3) is 0 Å². The van der Waals surface area contributed by atoms with E-state index in [-0.39, 0.29) is 5.91 Å². The molecular weight excluding hydrogens is 290 g/mol. The molecule has 5 nitrogen and oxygen atoms in total. The van der Waals surface area contributed by atoms with Gasteiger partial charge in [0, 0.05) is 13.1 Å². The normalized spacial score (nSPS) is 13.0. The van der Waals surface area contributed by atoms with Gasteiger partial charge in [-0.2, -0.15) is 0 Å². The van der Waals surface area contributed by atoms with Crippen molar-refractivity contribution in [2.24, 2.45) is 0 Å². The van der Waals surface area contributed by atoms with Gasteiger partial charge in [0.15, 0.2) is 0 Å². The average Bonchev–Trinajstić information content (AvgIpc) is 2.55. The zero-order valence-electron chi connectivity index (χ0n) is 13.4. The van der Waals surface area contributed by atoms with Crippen molar-refractivity contribution >= 4 is 23.0 Å². The second-order valence-corrected chi connectivity index (χ2v) is 5.62. The molecule has 1 aliphatic heterocycles. The Hall–Kier alpha value is -2.69. The van der Waals surface area contributed by atoms with Crippen LogP contribution in [0, 0.1) is 6.92 Å². The summed E-state index contributed by atoms with van der Waals surface area (Å²) in [6.45, 7) is 3.94. The molecule has 3 rings (SSSR count). The average molecular weight is 311 g/mol. The van der Waals surface area contributed by atoms with Crippen molar-refractivity contribution in [2.75, 3.05) is 42.3 Å². The molecule has 0 saturated heterocycles. The molecular formula is C18H21N3O2. The minimum atomic E-state index is -0.0504. The molecule has 1 amide bonds. The Bertz CT molecular complexity index is 715. The molecule has 120 valence electrons. The summed E-state index contributed by atoms with van der Waals surface area (Å²) in [6.07, 6.45) is 0. The molecule has 0 saturated carbocycles. The van der Waals surface area contributed by atoms with E-state index in [4.69, 9.17) is 4.74 Å². The number of carbonyl (C=O) groups is 1. The van der Waals surface area contributed by atoms with Gasteiger partial charge in [-0.15, -0.1) is 0 Å². The number of fused-ring (bicyclic) bond motifs is 1. The largest absolute Gasteiger partial charge is 0.495 e. The highest BCUT2D eigenvalue weighted by molar-refractivity contribution is 5.96. The molecule has 0 unspecified atom stereocenters. The number of nitrogens with zero attached hydrogens (tertiary/aromatic N) is 1. The number of benzene rings is 2. The third-order valence-corrected chi connectivity index (χ3v) is 3.91. The van der Waals surface area contributed by atoms with Gasteiger partial charge in [-0.05, 0) is 36.8 Å². The molecule has 0 fully saturated rings. The van der Waals surface area contributed by atoms with Gasteiger partial charge in [0.05, 0.1) is 30.7 Å². The minimum Gasteiger partial charge on any atom is -0.495 e. The number of rotatable bonds is 4. The highest BCUT2D eigenvalue weighted by atomic mass is 16.5. The van der Waals surface area contributed by atoms with E-state index >= 15 is 0 Å². The van der Waals surface area contributed by atoms with Crippen LogP contribution in [-0.2, 0) is 4.79 Å². The van der Waals surface area contributed by atoms with Crippen molar-refractivity contribution in [3.05, 3.63) is 48.0 Å². The van der Waals surface area contributed by atoms with Gasteiger partial charge < -0.3 is 20.3 Å². The van der Waals surface area contributed by atoms with Gasteiger partial charge in [-0.1, -0.05) is 18.2 Å². The minimum absolute atomic E-state index is 0.0504. The van der Waals surface area contributed by atoms with E-state index in [2.05, 4.69) is 15.5 Å². The molecule has 0 aliphatic carbocycles. The second-order valence-electron chi connectivity index (χ2n) is 5.62. The standard InChI is InChI=1S/C18H21N3O2/c1-13-7-8-17(23-2)15(11-13)20-18(22)12-21-10-9-19-14-5-3-4-6-16(14)21/h3-8,11,19H,9-10,12H2,1-2H3,(H,20,22). The molecule has 2 aromatic carbocycles. The topological polar surface area (TPSA) is 53.6 Å². The van der Waals surface area contributed by atoms with Gasteiger partial charge in [-0.25, -0.2) is 0 Å². The SMILES string of the molecule is COc1ccc(C)cc1NC(=O)CN1CCNc2ccccc21. The number of aryl methyl sites for hydroxylation is 1. The highest BCUT2D eigenvalue weighted by Crippen LogP contribution is 2.29. The Kier molecular flexibility index (Phi) is 4.37. The van der Waals surface area contributed by atoms with Crippen molar-refractivity contribution in [3.63, 3.8) is 0 Å². The maximum atomic E-state index is 12.4. The number of methoxy groups -OCH3 is 1. The Balaban J connectivity index is 1.73. The Morgan fingerprint density at radius 1 is 1.30 bits per heavy atom. The third-order valence-electron chi connectivity index (χ3n) is 3.91. The zero-order chi connectivity index (χ0) is 16.2. The van der Waals surface area contributed by atoms with E-state index in [9.17, 15) is 4.79 Å². The van der Waals surface area contributed by atoms with Crippen molar-refractivity contribution in [2.45, 2.75) is 6.92 Å². The van der Waals surface area contributed by atoms with Crippen molar-refractivity contribution in [1.82, 2.24) is 0 Å². The molecule has 23 heavy (non-hydrogen) atoms.